The van der Waals surface area contributed by atoms with Crippen molar-refractivity contribution in [3.63, 3.8) is 0 Å². The van der Waals surface area contributed by atoms with Crippen molar-refractivity contribution >= 4 is 6.03 Å². The molecule has 0 aromatic heterocycles. The van der Waals surface area contributed by atoms with E-state index < -0.39 is 0 Å². The van der Waals surface area contributed by atoms with Crippen molar-refractivity contribution in [2.45, 2.75) is 25.4 Å². The Labute approximate surface area is 125 Å². The molecule has 0 spiro atoms. The maximum absolute atomic E-state index is 12.0. The van der Waals surface area contributed by atoms with Crippen molar-refractivity contribution in [2.75, 3.05) is 33.3 Å². The summed E-state index contributed by atoms with van der Waals surface area (Å²) in [6.07, 6.45) is 2.28. The summed E-state index contributed by atoms with van der Waals surface area (Å²) >= 11 is 0. The number of carbonyl (C=O) groups excluding carboxylic acids is 1. The second kappa shape index (κ2) is 6.35. The third-order valence-corrected chi connectivity index (χ3v) is 4.13. The van der Waals surface area contributed by atoms with Crippen LogP contribution in [0.5, 0.6) is 5.75 Å². The van der Waals surface area contributed by atoms with Crippen LogP contribution in [0.15, 0.2) is 24.3 Å². The van der Waals surface area contributed by atoms with E-state index in [2.05, 4.69) is 22.3 Å². The van der Waals surface area contributed by atoms with Gasteiger partial charge in [-0.25, -0.2) is 4.79 Å². The summed E-state index contributed by atoms with van der Waals surface area (Å²) in [5.74, 6) is 0.889. The number of amides is 2. The molecule has 1 aliphatic carbocycles. The molecule has 0 radical (unpaired) electrons. The lowest BCUT2D eigenvalue weighted by atomic mass is 10.2. The molecule has 2 aliphatic rings. The highest BCUT2D eigenvalue weighted by Gasteiger charge is 2.27. The largest absolute Gasteiger partial charge is 0.497 e. The second-order valence-electron chi connectivity index (χ2n) is 5.84. The van der Waals surface area contributed by atoms with E-state index in [1.165, 1.54) is 5.56 Å². The molecule has 1 N–H and O–H groups in total. The van der Waals surface area contributed by atoms with Gasteiger partial charge in [-0.1, -0.05) is 12.1 Å². The molecule has 0 unspecified atom stereocenters. The molecule has 114 valence electrons. The van der Waals surface area contributed by atoms with Crippen LogP contribution >= 0.6 is 0 Å². The van der Waals surface area contributed by atoms with E-state index in [4.69, 9.17) is 4.74 Å². The Morgan fingerprint density at radius 1 is 1.19 bits per heavy atom. The molecule has 1 aromatic rings. The highest BCUT2D eigenvalue weighted by Crippen LogP contribution is 2.19. The molecule has 5 heteroatoms. The Kier molecular flexibility index (Phi) is 4.29. The van der Waals surface area contributed by atoms with E-state index in [0.717, 1.165) is 51.3 Å². The van der Waals surface area contributed by atoms with Gasteiger partial charge in [-0.3, -0.25) is 4.90 Å². The van der Waals surface area contributed by atoms with Crippen LogP contribution < -0.4 is 10.1 Å². The lowest BCUT2D eigenvalue weighted by Crippen LogP contribution is -2.51. The minimum Gasteiger partial charge on any atom is -0.497 e. The first-order chi connectivity index (χ1) is 10.2. The number of urea groups is 1. The number of ether oxygens (including phenoxy) is 1. The molecular formula is C16H23N3O2. The van der Waals surface area contributed by atoms with Crippen LogP contribution in [0.25, 0.3) is 0 Å². The Bertz CT molecular complexity index is 477. The summed E-state index contributed by atoms with van der Waals surface area (Å²) in [7, 11) is 1.68. The van der Waals surface area contributed by atoms with E-state index in [1.807, 2.05) is 17.0 Å². The summed E-state index contributed by atoms with van der Waals surface area (Å²) in [4.78, 5) is 16.3. The number of nitrogens with one attached hydrogen (secondary N) is 1. The van der Waals surface area contributed by atoms with E-state index >= 15 is 0 Å². The fourth-order valence-corrected chi connectivity index (χ4v) is 2.59. The number of carbonyl (C=O) groups is 1. The van der Waals surface area contributed by atoms with Crippen LogP contribution in [0, 0.1) is 0 Å². The summed E-state index contributed by atoms with van der Waals surface area (Å²) in [6.45, 7) is 4.43. The number of rotatable bonds is 4. The fourth-order valence-electron chi connectivity index (χ4n) is 2.59. The SMILES string of the molecule is COc1ccc(CN2CCN(C(=O)NC3CC3)CC2)cc1. The van der Waals surface area contributed by atoms with Gasteiger partial charge in [0.15, 0.2) is 0 Å². The first-order valence-corrected chi connectivity index (χ1v) is 7.65. The summed E-state index contributed by atoms with van der Waals surface area (Å²) in [5.41, 5.74) is 1.28. The van der Waals surface area contributed by atoms with Crippen LogP contribution in [0.1, 0.15) is 18.4 Å². The van der Waals surface area contributed by atoms with Crippen molar-refractivity contribution in [2.24, 2.45) is 0 Å². The molecule has 21 heavy (non-hydrogen) atoms. The van der Waals surface area contributed by atoms with Gasteiger partial charge in [-0.2, -0.15) is 0 Å². The normalized spacial score (nSPS) is 19.4. The molecule has 1 saturated heterocycles. The zero-order chi connectivity index (χ0) is 14.7. The monoisotopic (exact) mass is 289 g/mol. The summed E-state index contributed by atoms with van der Waals surface area (Å²) in [6, 6.07) is 8.75. The van der Waals surface area contributed by atoms with Crippen molar-refractivity contribution in [1.82, 2.24) is 15.1 Å². The Morgan fingerprint density at radius 3 is 2.43 bits per heavy atom. The smallest absolute Gasteiger partial charge is 0.317 e. The average molecular weight is 289 g/mol. The maximum Gasteiger partial charge on any atom is 0.317 e. The molecule has 2 fully saturated rings. The van der Waals surface area contributed by atoms with E-state index in [1.54, 1.807) is 7.11 Å². The van der Waals surface area contributed by atoms with E-state index in [-0.39, 0.29) is 6.03 Å². The molecule has 0 atom stereocenters. The van der Waals surface area contributed by atoms with Gasteiger partial charge in [0, 0.05) is 38.8 Å². The molecule has 3 rings (SSSR count). The standard InChI is InChI=1S/C16H23N3O2/c1-21-15-6-2-13(3-7-15)12-18-8-10-19(11-9-18)16(20)17-14-4-5-14/h2-3,6-7,14H,4-5,8-12H2,1H3,(H,17,20). The number of hydrogen-bond donors (Lipinski definition) is 1. The van der Waals surface area contributed by atoms with E-state index in [9.17, 15) is 4.79 Å². The lowest BCUT2D eigenvalue weighted by molar-refractivity contribution is 0.135. The van der Waals surface area contributed by atoms with E-state index in [0.29, 0.717) is 6.04 Å². The first kappa shape index (κ1) is 14.2. The molecule has 1 aromatic carbocycles. The highest BCUT2D eigenvalue weighted by molar-refractivity contribution is 5.75. The van der Waals surface area contributed by atoms with Crippen molar-refractivity contribution < 1.29 is 9.53 Å². The van der Waals surface area contributed by atoms with Gasteiger partial charge in [0.25, 0.3) is 0 Å². The van der Waals surface area contributed by atoms with Crippen molar-refractivity contribution in [3.8, 4) is 5.75 Å². The summed E-state index contributed by atoms with van der Waals surface area (Å²) in [5, 5.41) is 3.06. The molecule has 5 nitrogen and oxygen atoms in total. The molecular weight excluding hydrogens is 266 g/mol. The van der Waals surface area contributed by atoms with Gasteiger partial charge in [0.1, 0.15) is 5.75 Å². The number of methoxy groups -OCH3 is 1. The Morgan fingerprint density at radius 2 is 1.86 bits per heavy atom. The molecule has 1 saturated carbocycles. The quantitative estimate of drug-likeness (QED) is 0.917. The van der Waals surface area contributed by atoms with Crippen LogP contribution in [0.3, 0.4) is 0 Å². The molecule has 2 amide bonds. The second-order valence-corrected chi connectivity index (χ2v) is 5.84. The van der Waals surface area contributed by atoms with Crippen LogP contribution in [0.2, 0.25) is 0 Å². The number of nitrogens with zero attached hydrogens (tertiary/aromatic N) is 2. The lowest BCUT2D eigenvalue weighted by Gasteiger charge is -2.34. The highest BCUT2D eigenvalue weighted by atomic mass is 16.5. The number of piperazine rings is 1. The molecule has 0 bridgehead atoms. The summed E-state index contributed by atoms with van der Waals surface area (Å²) < 4.78 is 5.17. The minimum atomic E-state index is 0.113. The molecule has 1 heterocycles. The fraction of sp³-hybridized carbons (Fsp3) is 0.562. The van der Waals surface area contributed by atoms with Gasteiger partial charge < -0.3 is 15.0 Å². The van der Waals surface area contributed by atoms with Gasteiger partial charge in [-0.05, 0) is 30.5 Å². The van der Waals surface area contributed by atoms with Gasteiger partial charge >= 0.3 is 6.03 Å². The average Bonchev–Trinajstić information content (AvgIpc) is 3.33. The van der Waals surface area contributed by atoms with Crippen molar-refractivity contribution in [3.05, 3.63) is 29.8 Å². The van der Waals surface area contributed by atoms with Gasteiger partial charge in [0.05, 0.1) is 7.11 Å². The third kappa shape index (κ3) is 3.88. The van der Waals surface area contributed by atoms with Crippen molar-refractivity contribution in [1.29, 1.82) is 0 Å². The Hall–Kier alpha value is -1.75. The topological polar surface area (TPSA) is 44.8 Å². The number of benzene rings is 1. The van der Waals surface area contributed by atoms with Crippen LogP contribution in [-0.4, -0.2) is 55.2 Å². The Balaban J connectivity index is 1.45. The zero-order valence-corrected chi connectivity index (χ0v) is 12.5. The zero-order valence-electron chi connectivity index (χ0n) is 12.5. The predicted molar refractivity (Wildman–Crippen MR) is 81.4 cm³/mol. The van der Waals surface area contributed by atoms with Gasteiger partial charge in [0.2, 0.25) is 0 Å². The number of hydrogen-bond acceptors (Lipinski definition) is 3. The van der Waals surface area contributed by atoms with Gasteiger partial charge in [-0.15, -0.1) is 0 Å². The van der Waals surface area contributed by atoms with Crippen LogP contribution in [-0.2, 0) is 6.54 Å². The first-order valence-electron chi connectivity index (χ1n) is 7.65. The maximum atomic E-state index is 12.0. The third-order valence-electron chi connectivity index (χ3n) is 4.13. The minimum absolute atomic E-state index is 0.113. The predicted octanol–water partition coefficient (Wildman–Crippen LogP) is 1.68. The molecule has 1 aliphatic heterocycles. The van der Waals surface area contributed by atoms with Crippen LogP contribution in [0.4, 0.5) is 4.79 Å².